The predicted octanol–water partition coefficient (Wildman–Crippen LogP) is 2.81. The van der Waals surface area contributed by atoms with Gasteiger partial charge in [-0.15, -0.1) is 0 Å². The second kappa shape index (κ2) is 5.23. The van der Waals surface area contributed by atoms with Gasteiger partial charge in [0.15, 0.2) is 6.49 Å². The highest BCUT2D eigenvalue weighted by Crippen LogP contribution is 2.54. The molecule has 4 heteroatoms. The molecule has 0 radical (unpaired) electrons. The highest BCUT2D eigenvalue weighted by atomic mass is 32.7. The predicted molar refractivity (Wildman–Crippen MR) is 54.5 cm³/mol. The van der Waals surface area contributed by atoms with Crippen molar-refractivity contribution in [3.63, 3.8) is 0 Å². The number of nitrogens with one attached hydrogen (secondary N) is 1. The van der Waals surface area contributed by atoms with Crippen molar-refractivity contribution in [3.05, 3.63) is 0 Å². The first-order valence-electron chi connectivity index (χ1n) is 3.96. The quantitative estimate of drug-likeness (QED) is 0.684. The Morgan fingerprint density at radius 1 is 1.55 bits per heavy atom. The van der Waals surface area contributed by atoms with E-state index in [2.05, 4.69) is 18.9 Å². The summed E-state index contributed by atoms with van der Waals surface area (Å²) < 4.78 is 11.7. The van der Waals surface area contributed by atoms with Crippen molar-refractivity contribution in [1.82, 2.24) is 5.09 Å². The summed E-state index contributed by atoms with van der Waals surface area (Å²) >= 11 is 1.58. The standard InChI is InChI=1S/C7H18NOPS/c1-5-10(9,8-4)11-6-7(2)3/h7H,5-6H2,1-4H3,(H,8,9). The zero-order valence-corrected chi connectivity index (χ0v) is 9.47. The van der Waals surface area contributed by atoms with Gasteiger partial charge in [0.25, 0.3) is 0 Å². The molecule has 0 aromatic rings. The van der Waals surface area contributed by atoms with Crippen LogP contribution in [0.5, 0.6) is 0 Å². The Bertz CT molecular complexity index is 141. The Balaban J connectivity index is 3.79. The van der Waals surface area contributed by atoms with Gasteiger partial charge in [0, 0.05) is 11.9 Å². The van der Waals surface area contributed by atoms with E-state index in [-0.39, 0.29) is 0 Å². The molecule has 1 N–H and O–H groups in total. The van der Waals surface area contributed by atoms with Gasteiger partial charge >= 0.3 is 0 Å². The maximum absolute atomic E-state index is 11.7. The van der Waals surface area contributed by atoms with E-state index in [1.165, 1.54) is 0 Å². The molecule has 0 saturated carbocycles. The fourth-order valence-electron chi connectivity index (χ4n) is 0.583. The van der Waals surface area contributed by atoms with Gasteiger partial charge in [-0.2, -0.15) is 0 Å². The van der Waals surface area contributed by atoms with Gasteiger partial charge in [-0.25, -0.2) is 0 Å². The smallest absolute Gasteiger partial charge is 0.200 e. The van der Waals surface area contributed by atoms with Crippen molar-refractivity contribution in [2.45, 2.75) is 20.8 Å². The lowest BCUT2D eigenvalue weighted by atomic mass is 10.3. The van der Waals surface area contributed by atoms with E-state index in [1.54, 1.807) is 18.4 Å². The molecule has 0 saturated heterocycles. The van der Waals surface area contributed by atoms with Gasteiger partial charge < -0.3 is 0 Å². The number of rotatable bonds is 5. The lowest BCUT2D eigenvalue weighted by Gasteiger charge is -2.15. The second-order valence-electron chi connectivity index (χ2n) is 2.90. The van der Waals surface area contributed by atoms with E-state index in [0.29, 0.717) is 5.92 Å². The summed E-state index contributed by atoms with van der Waals surface area (Å²) in [5.74, 6) is 1.60. The molecule has 0 heterocycles. The molecule has 0 aliphatic heterocycles. The van der Waals surface area contributed by atoms with E-state index in [1.807, 2.05) is 6.92 Å². The molecule has 0 aliphatic rings. The fourth-order valence-corrected chi connectivity index (χ4v) is 4.30. The lowest BCUT2D eigenvalue weighted by molar-refractivity contribution is 0.580. The fraction of sp³-hybridized carbons (Fsp3) is 1.00. The summed E-state index contributed by atoms with van der Waals surface area (Å²) in [5.41, 5.74) is 0. The third-order valence-corrected chi connectivity index (χ3v) is 7.14. The second-order valence-corrected chi connectivity index (χ2v) is 8.47. The van der Waals surface area contributed by atoms with Crippen LogP contribution in [-0.2, 0) is 4.57 Å². The van der Waals surface area contributed by atoms with E-state index in [4.69, 9.17) is 0 Å². The lowest BCUT2D eigenvalue weighted by Crippen LogP contribution is -2.03. The van der Waals surface area contributed by atoms with Crippen LogP contribution < -0.4 is 5.09 Å². The van der Waals surface area contributed by atoms with Crippen LogP contribution >= 0.6 is 17.9 Å². The molecular weight excluding hydrogens is 177 g/mol. The van der Waals surface area contributed by atoms with Crippen molar-refractivity contribution >= 4 is 17.9 Å². The molecule has 0 fully saturated rings. The summed E-state index contributed by atoms with van der Waals surface area (Å²) in [6.45, 7) is 4.18. The molecule has 1 atom stereocenters. The van der Waals surface area contributed by atoms with Crippen molar-refractivity contribution < 1.29 is 4.57 Å². The first-order valence-corrected chi connectivity index (χ1v) is 7.45. The molecule has 0 aromatic carbocycles. The highest BCUT2D eigenvalue weighted by molar-refractivity contribution is 8.57. The van der Waals surface area contributed by atoms with Crippen LogP contribution in [-0.4, -0.2) is 19.0 Å². The van der Waals surface area contributed by atoms with Crippen molar-refractivity contribution in [2.24, 2.45) is 5.92 Å². The van der Waals surface area contributed by atoms with Crippen LogP contribution in [0, 0.1) is 5.92 Å². The van der Waals surface area contributed by atoms with Gasteiger partial charge in [0.05, 0.1) is 0 Å². The van der Waals surface area contributed by atoms with Crippen LogP contribution in [0.1, 0.15) is 20.8 Å². The van der Waals surface area contributed by atoms with Crippen LogP contribution in [0.2, 0.25) is 0 Å². The molecule has 0 bridgehead atoms. The van der Waals surface area contributed by atoms with Gasteiger partial charge in [0.1, 0.15) is 0 Å². The highest BCUT2D eigenvalue weighted by Gasteiger charge is 2.17. The summed E-state index contributed by atoms with van der Waals surface area (Å²) in [6.07, 6.45) is 0.737. The molecule has 0 amide bonds. The SMILES string of the molecule is CCP(=O)(NC)SCC(C)C. The molecule has 1 unspecified atom stereocenters. The molecule has 0 rings (SSSR count). The minimum absolute atomic E-state index is 0.619. The molecule has 0 aliphatic carbocycles. The van der Waals surface area contributed by atoms with E-state index in [0.717, 1.165) is 11.9 Å². The van der Waals surface area contributed by atoms with Crippen LogP contribution in [0.25, 0.3) is 0 Å². The monoisotopic (exact) mass is 195 g/mol. The zero-order chi connectivity index (χ0) is 8.91. The van der Waals surface area contributed by atoms with Crippen molar-refractivity contribution in [1.29, 1.82) is 0 Å². The first kappa shape index (κ1) is 11.5. The van der Waals surface area contributed by atoms with Crippen LogP contribution in [0.3, 0.4) is 0 Å². The molecular formula is C7H18NOPS. The summed E-state index contributed by atoms with van der Waals surface area (Å²) in [5, 5.41) is 2.90. The Morgan fingerprint density at radius 3 is 2.36 bits per heavy atom. The molecule has 2 nitrogen and oxygen atoms in total. The molecule has 0 aromatic heterocycles. The number of hydrogen-bond acceptors (Lipinski definition) is 2. The normalized spacial score (nSPS) is 16.8. The van der Waals surface area contributed by atoms with Gasteiger partial charge in [0.2, 0.25) is 0 Å². The first-order chi connectivity index (χ1) is 5.04. The van der Waals surface area contributed by atoms with Gasteiger partial charge in [-0.1, -0.05) is 32.2 Å². The molecule has 68 valence electrons. The van der Waals surface area contributed by atoms with E-state index < -0.39 is 6.49 Å². The topological polar surface area (TPSA) is 29.1 Å². The van der Waals surface area contributed by atoms with Crippen molar-refractivity contribution in [2.75, 3.05) is 19.0 Å². The van der Waals surface area contributed by atoms with E-state index >= 15 is 0 Å². The Hall–Kier alpha value is 0.540. The van der Waals surface area contributed by atoms with Crippen LogP contribution in [0.15, 0.2) is 0 Å². The van der Waals surface area contributed by atoms with Gasteiger partial charge in [-0.05, 0) is 13.0 Å². The maximum atomic E-state index is 11.7. The number of hydrogen-bond donors (Lipinski definition) is 1. The summed E-state index contributed by atoms with van der Waals surface area (Å²) in [4.78, 5) is 0. The maximum Gasteiger partial charge on any atom is 0.200 e. The Kier molecular flexibility index (Phi) is 5.49. The van der Waals surface area contributed by atoms with Crippen molar-refractivity contribution in [3.8, 4) is 0 Å². The zero-order valence-electron chi connectivity index (χ0n) is 7.76. The summed E-state index contributed by atoms with van der Waals surface area (Å²) in [7, 11) is 1.78. The third kappa shape index (κ3) is 4.89. The third-order valence-electron chi connectivity index (χ3n) is 1.37. The van der Waals surface area contributed by atoms with Gasteiger partial charge in [-0.3, -0.25) is 9.65 Å². The van der Waals surface area contributed by atoms with E-state index in [9.17, 15) is 4.57 Å². The van der Waals surface area contributed by atoms with Crippen LogP contribution in [0.4, 0.5) is 0 Å². The molecule has 11 heavy (non-hydrogen) atoms. The average molecular weight is 195 g/mol. The average Bonchev–Trinajstić information content (AvgIpc) is 2.00. The minimum atomic E-state index is -2.07. The molecule has 0 spiro atoms. The summed E-state index contributed by atoms with van der Waals surface area (Å²) in [6, 6.07) is 0. The Labute approximate surface area is 73.7 Å². The minimum Gasteiger partial charge on any atom is -0.295 e. The Morgan fingerprint density at radius 2 is 2.09 bits per heavy atom. The largest absolute Gasteiger partial charge is 0.295 e.